The van der Waals surface area contributed by atoms with E-state index in [1.807, 2.05) is 0 Å². The van der Waals surface area contributed by atoms with Gasteiger partial charge in [-0.1, -0.05) is 23.2 Å². The maximum absolute atomic E-state index is 9.48. The highest BCUT2D eigenvalue weighted by molar-refractivity contribution is 5.64. The summed E-state index contributed by atoms with van der Waals surface area (Å²) in [5, 5.41) is 26.0. The molecule has 0 aliphatic rings. The molecule has 0 aliphatic heterocycles. The van der Waals surface area contributed by atoms with Crippen molar-refractivity contribution in [2.45, 2.75) is 0 Å². The molecule has 0 fully saturated rings. The molecule has 19 heavy (non-hydrogen) atoms. The Balaban J connectivity index is 2.31. The number of hydrogen-bond donors (Lipinski definition) is 3. The van der Waals surface area contributed by atoms with Crippen molar-refractivity contribution in [1.82, 2.24) is 9.97 Å². The van der Waals surface area contributed by atoms with Gasteiger partial charge in [0.05, 0.1) is 0 Å². The lowest BCUT2D eigenvalue weighted by Gasteiger charge is -1.96. The van der Waals surface area contributed by atoms with Crippen LogP contribution in [0.3, 0.4) is 0 Å². The Morgan fingerprint density at radius 2 is 1.95 bits per heavy atom. The van der Waals surface area contributed by atoms with Crippen molar-refractivity contribution < 1.29 is 10.2 Å². The van der Waals surface area contributed by atoms with E-state index in [1.165, 1.54) is 12.1 Å². The van der Waals surface area contributed by atoms with E-state index >= 15 is 0 Å². The number of nitrogens with zero attached hydrogens (tertiary/aromatic N) is 5. The standard InChI is InChI=1S/C11H6N6O2/c1-12-9-10(13-2)15-11(14-9)17-16-7-4-3-6(18)5-8(7)19/h3-5,18-19H,(H,14,15). The van der Waals surface area contributed by atoms with E-state index < -0.39 is 0 Å². The van der Waals surface area contributed by atoms with Crippen LogP contribution in [0.15, 0.2) is 28.4 Å². The molecule has 1 aromatic heterocycles. The summed E-state index contributed by atoms with van der Waals surface area (Å²) in [6.07, 6.45) is 0. The van der Waals surface area contributed by atoms with Crippen molar-refractivity contribution in [3.05, 3.63) is 41.0 Å². The number of aromatic nitrogens is 2. The minimum atomic E-state index is -0.244. The number of phenolic OH excluding ortho intramolecular Hbond substituents is 2. The molecule has 0 spiro atoms. The molecule has 1 aromatic carbocycles. The topological polar surface area (TPSA) is 103 Å². The van der Waals surface area contributed by atoms with Crippen LogP contribution in [0.1, 0.15) is 0 Å². The van der Waals surface area contributed by atoms with E-state index in [-0.39, 0.29) is 34.8 Å². The van der Waals surface area contributed by atoms with Crippen LogP contribution in [-0.2, 0) is 0 Å². The number of nitrogens with one attached hydrogen (secondary N) is 1. The third kappa shape index (κ3) is 2.48. The predicted octanol–water partition coefficient (Wildman–Crippen LogP) is 3.34. The van der Waals surface area contributed by atoms with Crippen molar-refractivity contribution in [3.63, 3.8) is 0 Å². The fourth-order valence-corrected chi connectivity index (χ4v) is 1.24. The molecule has 1 heterocycles. The minimum Gasteiger partial charge on any atom is -0.508 e. The summed E-state index contributed by atoms with van der Waals surface area (Å²) >= 11 is 0. The van der Waals surface area contributed by atoms with Crippen molar-refractivity contribution >= 4 is 23.3 Å². The van der Waals surface area contributed by atoms with Gasteiger partial charge in [-0.2, -0.15) is 0 Å². The van der Waals surface area contributed by atoms with Gasteiger partial charge in [-0.25, -0.2) is 0 Å². The SMILES string of the molecule is [C-]#[N+]c1nc(N=Nc2ccc(O)cc2O)[nH]c1[N+]#[C-]. The third-order valence-electron chi connectivity index (χ3n) is 2.08. The van der Waals surface area contributed by atoms with Gasteiger partial charge >= 0.3 is 5.95 Å². The quantitative estimate of drug-likeness (QED) is 0.565. The van der Waals surface area contributed by atoms with E-state index in [4.69, 9.17) is 18.3 Å². The van der Waals surface area contributed by atoms with Crippen LogP contribution >= 0.6 is 0 Å². The van der Waals surface area contributed by atoms with Crippen molar-refractivity contribution in [2.24, 2.45) is 10.2 Å². The van der Waals surface area contributed by atoms with Crippen molar-refractivity contribution in [1.29, 1.82) is 0 Å². The second kappa shape index (κ2) is 4.85. The van der Waals surface area contributed by atoms with Crippen LogP contribution in [-0.4, -0.2) is 20.2 Å². The summed E-state index contributed by atoms with van der Waals surface area (Å²) < 4.78 is 0. The van der Waals surface area contributed by atoms with Crippen LogP contribution in [0.2, 0.25) is 0 Å². The van der Waals surface area contributed by atoms with Gasteiger partial charge in [0.1, 0.15) is 17.2 Å². The lowest BCUT2D eigenvalue weighted by Crippen LogP contribution is -1.69. The summed E-state index contributed by atoms with van der Waals surface area (Å²) in [6, 6.07) is 3.82. The number of aromatic amines is 1. The fourth-order valence-electron chi connectivity index (χ4n) is 1.24. The zero-order valence-corrected chi connectivity index (χ0v) is 9.36. The van der Waals surface area contributed by atoms with E-state index in [0.29, 0.717) is 0 Å². The molecular weight excluding hydrogens is 248 g/mol. The van der Waals surface area contributed by atoms with E-state index in [2.05, 4.69) is 29.9 Å². The van der Waals surface area contributed by atoms with Gasteiger partial charge in [-0.05, 0) is 12.1 Å². The number of H-pyrrole nitrogens is 1. The molecule has 2 rings (SSSR count). The summed E-state index contributed by atoms with van der Waals surface area (Å²) in [6.45, 7) is 13.6. The molecule has 0 bridgehead atoms. The Morgan fingerprint density at radius 3 is 2.53 bits per heavy atom. The Bertz CT molecular complexity index is 703. The van der Waals surface area contributed by atoms with Crippen molar-refractivity contribution in [2.75, 3.05) is 0 Å². The van der Waals surface area contributed by atoms with Gasteiger partial charge in [0.15, 0.2) is 0 Å². The normalized spacial score (nSPS) is 10.2. The monoisotopic (exact) mass is 254 g/mol. The first-order valence-electron chi connectivity index (χ1n) is 4.92. The number of rotatable bonds is 2. The Labute approximate surface area is 107 Å². The molecule has 0 atom stereocenters. The number of benzene rings is 1. The molecule has 0 radical (unpaired) electrons. The van der Waals surface area contributed by atoms with E-state index in [9.17, 15) is 5.11 Å². The molecule has 92 valence electrons. The molecular formula is C11H6N6O2. The molecule has 3 N–H and O–H groups in total. The zero-order valence-electron chi connectivity index (χ0n) is 9.36. The van der Waals surface area contributed by atoms with Crippen LogP contribution in [0.4, 0.5) is 23.3 Å². The molecule has 0 aliphatic carbocycles. The summed E-state index contributed by atoms with van der Waals surface area (Å²) in [7, 11) is 0. The Morgan fingerprint density at radius 1 is 1.16 bits per heavy atom. The molecule has 2 aromatic rings. The number of azo groups is 1. The van der Waals surface area contributed by atoms with Gasteiger partial charge in [0.25, 0.3) is 11.6 Å². The zero-order chi connectivity index (χ0) is 13.8. The molecule has 8 nitrogen and oxygen atoms in total. The predicted molar refractivity (Wildman–Crippen MR) is 65.1 cm³/mol. The van der Waals surface area contributed by atoms with Crippen LogP contribution < -0.4 is 0 Å². The third-order valence-corrected chi connectivity index (χ3v) is 2.08. The highest BCUT2D eigenvalue weighted by Gasteiger charge is 2.13. The first-order valence-corrected chi connectivity index (χ1v) is 4.92. The molecule has 0 saturated heterocycles. The molecule has 0 amide bonds. The molecule has 8 heteroatoms. The maximum Gasteiger partial charge on any atom is 0.414 e. The highest BCUT2D eigenvalue weighted by atomic mass is 16.3. The first-order chi connectivity index (χ1) is 9.13. The van der Waals surface area contributed by atoms with Gasteiger partial charge < -0.3 is 19.9 Å². The number of aromatic hydroxyl groups is 2. The average molecular weight is 254 g/mol. The lowest BCUT2D eigenvalue weighted by atomic mass is 10.3. The smallest absolute Gasteiger partial charge is 0.414 e. The molecule has 0 unspecified atom stereocenters. The lowest BCUT2D eigenvalue weighted by molar-refractivity contribution is 0.451. The fraction of sp³-hybridized carbons (Fsp3) is 0. The summed E-state index contributed by atoms with van der Waals surface area (Å²) in [5.41, 5.74) is 0.128. The summed E-state index contributed by atoms with van der Waals surface area (Å²) in [5.74, 6) is -0.451. The van der Waals surface area contributed by atoms with Gasteiger partial charge in [-0.15, -0.1) is 5.11 Å². The maximum atomic E-state index is 9.48. The second-order valence-corrected chi connectivity index (χ2v) is 3.33. The summed E-state index contributed by atoms with van der Waals surface area (Å²) in [4.78, 5) is 12.4. The number of imidazole rings is 1. The second-order valence-electron chi connectivity index (χ2n) is 3.33. The number of phenols is 2. The van der Waals surface area contributed by atoms with Crippen LogP contribution in [0, 0.1) is 13.1 Å². The van der Waals surface area contributed by atoms with Gasteiger partial charge in [0, 0.05) is 6.07 Å². The van der Waals surface area contributed by atoms with E-state index in [1.54, 1.807) is 0 Å². The molecule has 0 saturated carbocycles. The number of hydrogen-bond acceptors (Lipinski definition) is 5. The Hall–Kier alpha value is -3.39. The first kappa shape index (κ1) is 12.1. The van der Waals surface area contributed by atoms with E-state index in [0.717, 1.165) is 6.07 Å². The van der Waals surface area contributed by atoms with Crippen molar-refractivity contribution in [3.8, 4) is 11.5 Å². The Kier molecular flexibility index (Phi) is 3.09. The largest absolute Gasteiger partial charge is 0.508 e. The van der Waals surface area contributed by atoms with Gasteiger partial charge in [-0.3, -0.25) is 4.98 Å². The van der Waals surface area contributed by atoms with Crippen LogP contribution in [0.5, 0.6) is 11.5 Å². The minimum absolute atomic E-state index is 0.00975. The average Bonchev–Trinajstić information content (AvgIpc) is 2.80. The highest BCUT2D eigenvalue weighted by Crippen LogP contribution is 2.32. The van der Waals surface area contributed by atoms with Gasteiger partial charge in [0.2, 0.25) is 0 Å². The van der Waals surface area contributed by atoms with Crippen LogP contribution in [0.25, 0.3) is 9.69 Å².